The molecule has 78 valence electrons. The number of hydrogen-bond donors (Lipinski definition) is 1. The van der Waals surface area contributed by atoms with E-state index in [1.54, 1.807) is 18.2 Å². The molecule has 0 amide bonds. The number of aromatic amines is 1. The molecule has 1 N–H and O–H groups in total. The first-order valence-electron chi connectivity index (χ1n) is 4.77. The van der Waals surface area contributed by atoms with Crippen molar-refractivity contribution in [3.05, 3.63) is 59.3 Å². The molecule has 0 saturated heterocycles. The fourth-order valence-corrected chi connectivity index (χ4v) is 1.21. The normalized spacial score (nSPS) is 11.1. The van der Waals surface area contributed by atoms with Crippen molar-refractivity contribution in [3.8, 4) is 0 Å². The molecule has 0 aromatic carbocycles. The highest BCUT2D eigenvalue weighted by atomic mass is 16.1. The summed E-state index contributed by atoms with van der Waals surface area (Å²) in [4.78, 5) is 18.3. The van der Waals surface area contributed by atoms with E-state index in [0.29, 0.717) is 17.9 Å². The molecular formula is C12H14N2O. The monoisotopic (exact) mass is 202 g/mol. The smallest absolute Gasteiger partial charge is 0.251 e. The van der Waals surface area contributed by atoms with E-state index in [4.69, 9.17) is 0 Å². The van der Waals surface area contributed by atoms with E-state index in [9.17, 15) is 4.79 Å². The second-order valence-electron chi connectivity index (χ2n) is 2.99. The van der Waals surface area contributed by atoms with Crippen LogP contribution in [0, 0.1) is 0 Å². The minimum atomic E-state index is -0.145. The van der Waals surface area contributed by atoms with Crippen molar-refractivity contribution in [2.75, 3.05) is 0 Å². The molecule has 1 heterocycles. The molecular weight excluding hydrogens is 188 g/mol. The maximum absolute atomic E-state index is 11.3. The van der Waals surface area contributed by atoms with Crippen molar-refractivity contribution < 1.29 is 0 Å². The second kappa shape index (κ2) is 5.10. The van der Waals surface area contributed by atoms with Gasteiger partial charge in [0.2, 0.25) is 0 Å². The van der Waals surface area contributed by atoms with Crippen molar-refractivity contribution in [2.45, 2.75) is 13.3 Å². The van der Waals surface area contributed by atoms with Gasteiger partial charge in [0.05, 0.1) is 5.69 Å². The molecule has 0 aliphatic rings. The van der Waals surface area contributed by atoms with Crippen LogP contribution >= 0.6 is 0 Å². The Morgan fingerprint density at radius 1 is 1.60 bits per heavy atom. The average molecular weight is 202 g/mol. The molecule has 0 aliphatic carbocycles. The first-order chi connectivity index (χ1) is 7.21. The van der Waals surface area contributed by atoms with E-state index < -0.39 is 0 Å². The minimum Gasteiger partial charge on any atom is -0.311 e. The summed E-state index contributed by atoms with van der Waals surface area (Å²) in [5.74, 6) is 0.675. The SMILES string of the molecule is C=C/C=C(\C=C)c1cc(=O)[nH]c(CC)n1. The minimum absolute atomic E-state index is 0.145. The second-order valence-corrected chi connectivity index (χ2v) is 2.99. The summed E-state index contributed by atoms with van der Waals surface area (Å²) in [7, 11) is 0. The van der Waals surface area contributed by atoms with Gasteiger partial charge in [0.25, 0.3) is 5.56 Å². The lowest BCUT2D eigenvalue weighted by atomic mass is 10.1. The van der Waals surface area contributed by atoms with Crippen LogP contribution in [0.4, 0.5) is 0 Å². The zero-order valence-corrected chi connectivity index (χ0v) is 8.79. The average Bonchev–Trinajstić information content (AvgIpc) is 2.24. The molecule has 0 spiro atoms. The fourth-order valence-electron chi connectivity index (χ4n) is 1.21. The van der Waals surface area contributed by atoms with Crippen LogP contribution in [0.5, 0.6) is 0 Å². The zero-order valence-electron chi connectivity index (χ0n) is 8.79. The van der Waals surface area contributed by atoms with Crippen LogP contribution < -0.4 is 5.56 Å². The lowest BCUT2D eigenvalue weighted by Gasteiger charge is -2.02. The van der Waals surface area contributed by atoms with Gasteiger partial charge in [-0.05, 0) is 5.57 Å². The molecule has 0 radical (unpaired) electrons. The van der Waals surface area contributed by atoms with Crippen molar-refractivity contribution in [1.29, 1.82) is 0 Å². The van der Waals surface area contributed by atoms with Gasteiger partial charge in [-0.15, -0.1) is 0 Å². The number of allylic oxidation sites excluding steroid dienone is 4. The van der Waals surface area contributed by atoms with Gasteiger partial charge in [0.1, 0.15) is 5.82 Å². The third kappa shape index (κ3) is 2.77. The van der Waals surface area contributed by atoms with Gasteiger partial charge in [0, 0.05) is 12.5 Å². The Labute approximate surface area is 88.9 Å². The molecule has 0 saturated carbocycles. The van der Waals surface area contributed by atoms with Crippen LogP contribution in [0.15, 0.2) is 42.2 Å². The number of hydrogen-bond acceptors (Lipinski definition) is 2. The summed E-state index contributed by atoms with van der Waals surface area (Å²) in [6.45, 7) is 9.21. The zero-order chi connectivity index (χ0) is 11.3. The summed E-state index contributed by atoms with van der Waals surface area (Å²) in [6.07, 6.45) is 5.77. The van der Waals surface area contributed by atoms with Gasteiger partial charge in [-0.3, -0.25) is 4.79 Å². The number of nitrogens with one attached hydrogen (secondary N) is 1. The summed E-state index contributed by atoms with van der Waals surface area (Å²) in [5.41, 5.74) is 1.28. The summed E-state index contributed by atoms with van der Waals surface area (Å²) in [5, 5.41) is 0. The molecule has 0 aliphatic heterocycles. The predicted molar refractivity (Wildman–Crippen MR) is 62.6 cm³/mol. The quantitative estimate of drug-likeness (QED) is 0.760. The molecule has 1 rings (SSSR count). The molecule has 0 atom stereocenters. The Morgan fingerprint density at radius 3 is 2.87 bits per heavy atom. The van der Waals surface area contributed by atoms with E-state index in [-0.39, 0.29) is 5.56 Å². The van der Waals surface area contributed by atoms with Crippen LogP contribution in [0.1, 0.15) is 18.4 Å². The molecule has 15 heavy (non-hydrogen) atoms. The van der Waals surface area contributed by atoms with Crippen molar-refractivity contribution in [1.82, 2.24) is 9.97 Å². The van der Waals surface area contributed by atoms with Crippen LogP contribution in [0.3, 0.4) is 0 Å². The van der Waals surface area contributed by atoms with Crippen LogP contribution in [-0.2, 0) is 6.42 Å². The van der Waals surface area contributed by atoms with Crippen LogP contribution in [-0.4, -0.2) is 9.97 Å². The van der Waals surface area contributed by atoms with E-state index in [0.717, 1.165) is 5.57 Å². The molecule has 0 unspecified atom stereocenters. The largest absolute Gasteiger partial charge is 0.311 e. The number of aryl methyl sites for hydroxylation is 1. The molecule has 1 aromatic heterocycles. The first kappa shape index (κ1) is 11.2. The third-order valence-corrected chi connectivity index (χ3v) is 1.94. The molecule has 3 heteroatoms. The standard InChI is InChI=1S/C12H14N2O/c1-4-7-9(5-2)10-8-12(15)14-11(6-3)13-10/h4-5,7-8H,1-2,6H2,3H3,(H,13,14,15)/b9-7+. The molecule has 0 bridgehead atoms. The van der Waals surface area contributed by atoms with E-state index in [2.05, 4.69) is 23.1 Å². The summed E-state index contributed by atoms with van der Waals surface area (Å²) < 4.78 is 0. The topological polar surface area (TPSA) is 45.8 Å². The van der Waals surface area contributed by atoms with Crippen molar-refractivity contribution >= 4 is 5.57 Å². The first-order valence-corrected chi connectivity index (χ1v) is 4.77. The van der Waals surface area contributed by atoms with Gasteiger partial charge in [0.15, 0.2) is 0 Å². The number of rotatable bonds is 4. The Kier molecular flexibility index (Phi) is 3.80. The Morgan fingerprint density at radius 2 is 2.33 bits per heavy atom. The third-order valence-electron chi connectivity index (χ3n) is 1.94. The predicted octanol–water partition coefficient (Wildman–Crippen LogP) is 2.09. The van der Waals surface area contributed by atoms with Crippen molar-refractivity contribution in [2.24, 2.45) is 0 Å². The maximum Gasteiger partial charge on any atom is 0.251 e. The van der Waals surface area contributed by atoms with Gasteiger partial charge in [-0.25, -0.2) is 4.98 Å². The highest BCUT2D eigenvalue weighted by Gasteiger charge is 2.02. The lowest BCUT2D eigenvalue weighted by molar-refractivity contribution is 0.912. The Bertz CT molecular complexity index is 455. The summed E-state index contributed by atoms with van der Waals surface area (Å²) in [6, 6.07) is 1.45. The number of nitrogens with zero attached hydrogens (tertiary/aromatic N) is 1. The van der Waals surface area contributed by atoms with E-state index >= 15 is 0 Å². The Balaban J connectivity index is 3.29. The van der Waals surface area contributed by atoms with Crippen LogP contribution in [0.25, 0.3) is 5.57 Å². The molecule has 3 nitrogen and oxygen atoms in total. The molecule has 0 fully saturated rings. The van der Waals surface area contributed by atoms with Gasteiger partial charge in [-0.2, -0.15) is 0 Å². The summed E-state index contributed by atoms with van der Waals surface area (Å²) >= 11 is 0. The lowest BCUT2D eigenvalue weighted by Crippen LogP contribution is -2.11. The molecule has 1 aromatic rings. The van der Waals surface area contributed by atoms with Crippen molar-refractivity contribution in [3.63, 3.8) is 0 Å². The highest BCUT2D eigenvalue weighted by Crippen LogP contribution is 2.10. The van der Waals surface area contributed by atoms with Gasteiger partial charge >= 0.3 is 0 Å². The number of H-pyrrole nitrogens is 1. The van der Waals surface area contributed by atoms with Gasteiger partial charge in [-0.1, -0.05) is 38.3 Å². The highest BCUT2D eigenvalue weighted by molar-refractivity contribution is 5.72. The fraction of sp³-hybridized carbons (Fsp3) is 0.167. The maximum atomic E-state index is 11.3. The van der Waals surface area contributed by atoms with Crippen LogP contribution in [0.2, 0.25) is 0 Å². The van der Waals surface area contributed by atoms with Gasteiger partial charge < -0.3 is 4.98 Å². The van der Waals surface area contributed by atoms with E-state index in [1.807, 2.05) is 6.92 Å². The van der Waals surface area contributed by atoms with E-state index in [1.165, 1.54) is 6.07 Å². The Hall–Kier alpha value is -1.90. The number of aromatic nitrogens is 2.